The normalized spacial score (nSPS) is 21.8. The van der Waals surface area contributed by atoms with E-state index >= 15 is 0 Å². The van der Waals surface area contributed by atoms with Gasteiger partial charge in [0.2, 0.25) is 0 Å². The molecule has 0 unspecified atom stereocenters. The van der Waals surface area contributed by atoms with Gasteiger partial charge in [0.25, 0.3) is 0 Å². The van der Waals surface area contributed by atoms with E-state index in [1.807, 2.05) is 12.4 Å². The SMILES string of the molecule is CCNc1cnc(CN2CCN(C3CCCC3)CC2)cn1. The highest BCUT2D eigenvalue weighted by Gasteiger charge is 2.26. The first-order chi connectivity index (χ1) is 10.3. The molecule has 21 heavy (non-hydrogen) atoms. The second-order valence-corrected chi connectivity index (χ2v) is 6.17. The minimum Gasteiger partial charge on any atom is -0.369 e. The van der Waals surface area contributed by atoms with Crippen molar-refractivity contribution in [3.63, 3.8) is 0 Å². The molecule has 116 valence electrons. The monoisotopic (exact) mass is 289 g/mol. The number of nitrogens with zero attached hydrogens (tertiary/aromatic N) is 4. The third-order valence-corrected chi connectivity index (χ3v) is 4.70. The second kappa shape index (κ2) is 7.18. The third kappa shape index (κ3) is 3.92. The van der Waals surface area contributed by atoms with Crippen LogP contribution in [-0.4, -0.2) is 58.5 Å². The Balaban J connectivity index is 1.46. The van der Waals surface area contributed by atoms with Crippen molar-refractivity contribution in [1.82, 2.24) is 19.8 Å². The van der Waals surface area contributed by atoms with Gasteiger partial charge < -0.3 is 5.32 Å². The Morgan fingerprint density at radius 3 is 2.48 bits per heavy atom. The number of piperazine rings is 1. The van der Waals surface area contributed by atoms with Gasteiger partial charge in [0.15, 0.2) is 0 Å². The van der Waals surface area contributed by atoms with Gasteiger partial charge in [0.1, 0.15) is 5.82 Å². The van der Waals surface area contributed by atoms with E-state index in [1.165, 1.54) is 38.8 Å². The first-order valence-electron chi connectivity index (χ1n) is 8.36. The maximum absolute atomic E-state index is 4.51. The van der Waals surface area contributed by atoms with Crippen molar-refractivity contribution < 1.29 is 0 Å². The van der Waals surface area contributed by atoms with E-state index in [-0.39, 0.29) is 0 Å². The van der Waals surface area contributed by atoms with Crippen molar-refractivity contribution in [2.45, 2.75) is 45.2 Å². The highest BCUT2D eigenvalue weighted by Crippen LogP contribution is 2.24. The van der Waals surface area contributed by atoms with Crippen molar-refractivity contribution in [3.05, 3.63) is 18.1 Å². The molecular formula is C16H27N5. The smallest absolute Gasteiger partial charge is 0.144 e. The van der Waals surface area contributed by atoms with Crippen molar-refractivity contribution in [2.24, 2.45) is 0 Å². The molecule has 1 aromatic heterocycles. The van der Waals surface area contributed by atoms with Crippen LogP contribution in [0.4, 0.5) is 5.82 Å². The highest BCUT2D eigenvalue weighted by atomic mass is 15.3. The molecule has 0 bridgehead atoms. The quantitative estimate of drug-likeness (QED) is 0.898. The van der Waals surface area contributed by atoms with Crippen LogP contribution in [0.15, 0.2) is 12.4 Å². The predicted octanol–water partition coefficient (Wildman–Crippen LogP) is 1.97. The summed E-state index contributed by atoms with van der Waals surface area (Å²) < 4.78 is 0. The van der Waals surface area contributed by atoms with E-state index in [0.29, 0.717) is 0 Å². The molecule has 2 fully saturated rings. The number of anilines is 1. The largest absolute Gasteiger partial charge is 0.369 e. The maximum atomic E-state index is 4.51. The zero-order valence-corrected chi connectivity index (χ0v) is 13.1. The molecule has 2 aliphatic rings. The van der Waals surface area contributed by atoms with E-state index < -0.39 is 0 Å². The Morgan fingerprint density at radius 1 is 1.10 bits per heavy atom. The first-order valence-corrected chi connectivity index (χ1v) is 8.36. The van der Waals surface area contributed by atoms with Crippen LogP contribution in [-0.2, 0) is 6.54 Å². The van der Waals surface area contributed by atoms with Crippen LogP contribution in [0.1, 0.15) is 38.3 Å². The molecule has 0 radical (unpaired) electrons. The fraction of sp³-hybridized carbons (Fsp3) is 0.750. The Bertz CT molecular complexity index is 419. The Hall–Kier alpha value is -1.20. The van der Waals surface area contributed by atoms with Crippen molar-refractivity contribution in [2.75, 3.05) is 38.0 Å². The van der Waals surface area contributed by atoms with E-state index in [0.717, 1.165) is 43.7 Å². The lowest BCUT2D eigenvalue weighted by molar-refractivity contribution is 0.0929. The Morgan fingerprint density at radius 2 is 1.86 bits per heavy atom. The van der Waals surface area contributed by atoms with E-state index in [9.17, 15) is 0 Å². The molecule has 2 heterocycles. The Kier molecular flexibility index (Phi) is 5.04. The van der Waals surface area contributed by atoms with E-state index in [1.54, 1.807) is 0 Å². The Labute approximate surface area is 127 Å². The molecular weight excluding hydrogens is 262 g/mol. The van der Waals surface area contributed by atoms with Gasteiger partial charge in [-0.3, -0.25) is 14.8 Å². The topological polar surface area (TPSA) is 44.3 Å². The van der Waals surface area contributed by atoms with Gasteiger partial charge in [-0.05, 0) is 19.8 Å². The van der Waals surface area contributed by atoms with Crippen LogP contribution < -0.4 is 5.32 Å². The molecule has 1 saturated heterocycles. The summed E-state index contributed by atoms with van der Waals surface area (Å²) in [6, 6.07) is 0.867. The molecule has 0 aromatic carbocycles. The van der Waals surface area contributed by atoms with Crippen molar-refractivity contribution in [1.29, 1.82) is 0 Å². The molecule has 0 atom stereocenters. The zero-order valence-electron chi connectivity index (χ0n) is 13.1. The molecule has 0 spiro atoms. The summed E-state index contributed by atoms with van der Waals surface area (Å²) in [5, 5.41) is 3.18. The van der Waals surface area contributed by atoms with Crippen molar-refractivity contribution >= 4 is 5.82 Å². The number of hydrogen-bond donors (Lipinski definition) is 1. The summed E-state index contributed by atoms with van der Waals surface area (Å²) >= 11 is 0. The maximum Gasteiger partial charge on any atom is 0.144 e. The van der Waals surface area contributed by atoms with Gasteiger partial charge >= 0.3 is 0 Å². The molecule has 3 rings (SSSR count). The van der Waals surface area contributed by atoms with Crippen LogP contribution in [0.5, 0.6) is 0 Å². The summed E-state index contributed by atoms with van der Waals surface area (Å²) in [5.41, 5.74) is 1.07. The standard InChI is InChI=1S/C16H27N5/c1-2-17-16-12-18-14(11-19-16)13-20-7-9-21(10-8-20)15-5-3-4-6-15/h11-12,15H,2-10,13H2,1H3,(H,17,19). The summed E-state index contributed by atoms with van der Waals surface area (Å²) in [6.07, 6.45) is 9.43. The van der Waals surface area contributed by atoms with Gasteiger partial charge in [0, 0.05) is 45.3 Å². The fourth-order valence-electron chi connectivity index (χ4n) is 3.49. The molecule has 1 aliphatic heterocycles. The number of hydrogen-bond acceptors (Lipinski definition) is 5. The summed E-state index contributed by atoms with van der Waals surface area (Å²) in [4.78, 5) is 14.1. The van der Waals surface area contributed by atoms with Crippen LogP contribution in [0.3, 0.4) is 0 Å². The lowest BCUT2D eigenvalue weighted by atomic mass is 10.2. The minimum absolute atomic E-state index is 0.867. The van der Waals surface area contributed by atoms with E-state index in [2.05, 4.69) is 32.0 Å². The van der Waals surface area contributed by atoms with Crippen LogP contribution in [0.25, 0.3) is 0 Å². The lowest BCUT2D eigenvalue weighted by Crippen LogP contribution is -2.49. The van der Waals surface area contributed by atoms with Gasteiger partial charge in [-0.1, -0.05) is 12.8 Å². The van der Waals surface area contributed by atoms with E-state index in [4.69, 9.17) is 0 Å². The van der Waals surface area contributed by atoms with Gasteiger partial charge in [-0.25, -0.2) is 4.98 Å². The van der Waals surface area contributed by atoms with Crippen LogP contribution in [0, 0.1) is 0 Å². The average molecular weight is 289 g/mol. The van der Waals surface area contributed by atoms with Crippen molar-refractivity contribution in [3.8, 4) is 0 Å². The van der Waals surface area contributed by atoms with Gasteiger partial charge in [-0.15, -0.1) is 0 Å². The van der Waals surface area contributed by atoms with Gasteiger partial charge in [0.05, 0.1) is 18.1 Å². The molecule has 5 nitrogen and oxygen atoms in total. The second-order valence-electron chi connectivity index (χ2n) is 6.17. The third-order valence-electron chi connectivity index (χ3n) is 4.70. The molecule has 1 aliphatic carbocycles. The summed E-state index contributed by atoms with van der Waals surface area (Å²) in [5.74, 6) is 0.868. The first kappa shape index (κ1) is 14.7. The molecule has 0 amide bonds. The molecule has 1 aromatic rings. The fourth-order valence-corrected chi connectivity index (χ4v) is 3.49. The number of rotatable bonds is 5. The molecule has 5 heteroatoms. The highest BCUT2D eigenvalue weighted by molar-refractivity contribution is 5.30. The minimum atomic E-state index is 0.867. The van der Waals surface area contributed by atoms with Crippen LogP contribution >= 0.6 is 0 Å². The summed E-state index contributed by atoms with van der Waals surface area (Å²) in [6.45, 7) is 8.63. The summed E-state index contributed by atoms with van der Waals surface area (Å²) in [7, 11) is 0. The zero-order chi connectivity index (χ0) is 14.5. The van der Waals surface area contributed by atoms with Crippen LogP contribution in [0.2, 0.25) is 0 Å². The average Bonchev–Trinajstić information content (AvgIpc) is 3.05. The molecule has 1 N–H and O–H groups in total. The number of nitrogens with one attached hydrogen (secondary N) is 1. The van der Waals surface area contributed by atoms with Gasteiger partial charge in [-0.2, -0.15) is 0 Å². The lowest BCUT2D eigenvalue weighted by Gasteiger charge is -2.37. The molecule has 1 saturated carbocycles. The predicted molar refractivity (Wildman–Crippen MR) is 85.3 cm³/mol. The number of aromatic nitrogens is 2.